The number of piperidine rings is 1. The highest BCUT2D eigenvalue weighted by Gasteiger charge is 2.33. The van der Waals surface area contributed by atoms with Crippen LogP contribution in [0.3, 0.4) is 0 Å². The molecule has 3 rings (SSSR count). The lowest BCUT2D eigenvalue weighted by Gasteiger charge is -2.25. The molecule has 1 aliphatic rings. The number of carbonyl (C=O) groups is 1. The van der Waals surface area contributed by atoms with Gasteiger partial charge in [0.05, 0.1) is 15.5 Å². The first kappa shape index (κ1) is 19.6. The van der Waals surface area contributed by atoms with E-state index in [1.54, 1.807) is 0 Å². The highest BCUT2D eigenvalue weighted by atomic mass is 35.5. The van der Waals surface area contributed by atoms with E-state index in [1.165, 1.54) is 4.90 Å². The molecular weight excluding hydrogens is 409 g/mol. The maximum absolute atomic E-state index is 12.7. The summed E-state index contributed by atoms with van der Waals surface area (Å²) in [5.74, 6) is 0. The molecule has 0 spiro atoms. The van der Waals surface area contributed by atoms with E-state index in [9.17, 15) is 26.4 Å². The van der Waals surface area contributed by atoms with Gasteiger partial charge in [0.25, 0.3) is 5.16 Å². The van der Waals surface area contributed by atoms with Crippen molar-refractivity contribution in [2.45, 2.75) is 35.5 Å². The number of nitrogens with zero attached hydrogens (tertiary/aromatic N) is 4. The number of sulfone groups is 1. The van der Waals surface area contributed by atoms with Crippen LogP contribution in [0, 0.1) is 0 Å². The fourth-order valence-electron chi connectivity index (χ4n) is 2.69. The molecule has 27 heavy (non-hydrogen) atoms. The summed E-state index contributed by atoms with van der Waals surface area (Å²) in [7, 11) is -4.39. The SMILES string of the molecule is O=C(N1CCCCC1)n1cnc(S(=O)(=O)c2ccc(C(F)(F)F)cc2Cl)n1. The van der Waals surface area contributed by atoms with E-state index < -0.39 is 42.7 Å². The smallest absolute Gasteiger partial charge is 0.323 e. The maximum Gasteiger partial charge on any atom is 0.416 e. The van der Waals surface area contributed by atoms with Crippen LogP contribution in [0.25, 0.3) is 0 Å². The molecule has 1 fully saturated rings. The Bertz CT molecular complexity index is 969. The van der Waals surface area contributed by atoms with E-state index in [0.717, 1.165) is 36.3 Å². The van der Waals surface area contributed by atoms with Crippen molar-refractivity contribution in [1.29, 1.82) is 0 Å². The van der Waals surface area contributed by atoms with Gasteiger partial charge in [-0.1, -0.05) is 11.6 Å². The fraction of sp³-hybridized carbons (Fsp3) is 0.400. The van der Waals surface area contributed by atoms with Crippen molar-refractivity contribution in [3.05, 3.63) is 35.1 Å². The molecule has 0 unspecified atom stereocenters. The Morgan fingerprint density at radius 1 is 1.15 bits per heavy atom. The minimum atomic E-state index is -4.66. The van der Waals surface area contributed by atoms with Crippen molar-refractivity contribution in [2.24, 2.45) is 0 Å². The first-order valence-corrected chi connectivity index (χ1v) is 9.79. The molecular formula is C15H14ClF3N4O3S. The average Bonchev–Trinajstić information content (AvgIpc) is 3.11. The Kier molecular flexibility index (Phi) is 5.17. The molecule has 1 aromatic heterocycles. The van der Waals surface area contributed by atoms with Crippen molar-refractivity contribution in [3.63, 3.8) is 0 Å². The number of hydrogen-bond acceptors (Lipinski definition) is 5. The molecule has 2 heterocycles. The van der Waals surface area contributed by atoms with Gasteiger partial charge in [-0.15, -0.1) is 5.10 Å². The Morgan fingerprint density at radius 3 is 2.41 bits per heavy atom. The first-order valence-electron chi connectivity index (χ1n) is 7.93. The molecule has 0 atom stereocenters. The van der Waals surface area contributed by atoms with E-state index >= 15 is 0 Å². The van der Waals surface area contributed by atoms with Crippen molar-refractivity contribution in [2.75, 3.05) is 13.1 Å². The zero-order valence-electron chi connectivity index (χ0n) is 13.8. The number of aromatic nitrogens is 3. The molecule has 0 radical (unpaired) electrons. The number of hydrogen-bond donors (Lipinski definition) is 0. The fourth-order valence-corrected chi connectivity index (χ4v) is 4.31. The first-order chi connectivity index (χ1) is 12.6. The van der Waals surface area contributed by atoms with Gasteiger partial charge >= 0.3 is 12.2 Å². The molecule has 12 heteroatoms. The number of benzene rings is 1. The van der Waals surface area contributed by atoms with Crippen molar-refractivity contribution >= 4 is 27.5 Å². The molecule has 7 nitrogen and oxygen atoms in total. The summed E-state index contributed by atoms with van der Waals surface area (Å²) in [5.41, 5.74) is -1.08. The lowest BCUT2D eigenvalue weighted by atomic mass is 10.1. The average molecular weight is 423 g/mol. The predicted octanol–water partition coefficient (Wildman–Crippen LogP) is 3.24. The van der Waals surface area contributed by atoms with Gasteiger partial charge < -0.3 is 4.90 Å². The van der Waals surface area contributed by atoms with Gasteiger partial charge in [-0.05, 0) is 37.5 Å². The molecule has 0 bridgehead atoms. The second kappa shape index (κ2) is 7.12. The molecule has 1 saturated heterocycles. The monoisotopic (exact) mass is 422 g/mol. The maximum atomic E-state index is 12.7. The van der Waals surface area contributed by atoms with E-state index in [0.29, 0.717) is 25.2 Å². The third-order valence-electron chi connectivity index (χ3n) is 4.08. The van der Waals surface area contributed by atoms with E-state index in [4.69, 9.17) is 11.6 Å². The minimum absolute atomic E-state index is 0.512. The summed E-state index contributed by atoms with van der Waals surface area (Å²) in [6.45, 7) is 1.07. The second-order valence-corrected chi connectivity index (χ2v) is 8.17. The van der Waals surface area contributed by atoms with Gasteiger partial charge in [-0.3, -0.25) is 0 Å². The van der Waals surface area contributed by atoms with Gasteiger partial charge in [0.15, 0.2) is 0 Å². The molecule has 2 aromatic rings. The standard InChI is InChI=1S/C15H14ClF3N4O3S/c16-11-8-10(15(17,18)19)4-5-12(11)27(25,26)13-20-9-23(21-13)14(24)22-6-2-1-3-7-22/h4-5,8-9H,1-3,6-7H2. The van der Waals surface area contributed by atoms with Crippen LogP contribution in [0.5, 0.6) is 0 Å². The molecule has 1 aliphatic heterocycles. The van der Waals surface area contributed by atoms with E-state index in [2.05, 4.69) is 10.1 Å². The largest absolute Gasteiger partial charge is 0.416 e. The number of alkyl halides is 3. The van der Waals surface area contributed by atoms with Gasteiger partial charge in [-0.2, -0.15) is 17.9 Å². The molecule has 146 valence electrons. The van der Waals surface area contributed by atoms with Crippen LogP contribution in [0.1, 0.15) is 24.8 Å². The van der Waals surface area contributed by atoms with Crippen LogP contribution < -0.4 is 0 Å². The summed E-state index contributed by atoms with van der Waals surface area (Å²) in [5, 5.41) is 2.37. The summed E-state index contributed by atoms with van der Waals surface area (Å²) >= 11 is 5.74. The van der Waals surface area contributed by atoms with E-state index in [1.807, 2.05) is 0 Å². The Labute approximate surface area is 157 Å². The van der Waals surface area contributed by atoms with Crippen molar-refractivity contribution in [3.8, 4) is 0 Å². The lowest BCUT2D eigenvalue weighted by Crippen LogP contribution is -2.38. The number of amides is 1. The van der Waals surface area contributed by atoms with Gasteiger partial charge in [-0.25, -0.2) is 18.2 Å². The molecule has 1 aromatic carbocycles. The quantitative estimate of drug-likeness (QED) is 0.741. The zero-order valence-corrected chi connectivity index (χ0v) is 15.4. The molecule has 0 N–H and O–H groups in total. The second-order valence-electron chi connectivity index (χ2n) is 5.95. The summed E-state index contributed by atoms with van der Waals surface area (Å²) in [4.78, 5) is 16.9. The normalized spacial score (nSPS) is 15.8. The molecule has 0 aliphatic carbocycles. The molecule has 0 saturated carbocycles. The number of carbonyl (C=O) groups excluding carboxylic acids is 1. The summed E-state index contributed by atoms with van der Waals surface area (Å²) < 4.78 is 64.1. The van der Waals surface area contributed by atoms with Crippen LogP contribution in [-0.4, -0.2) is 47.2 Å². The third-order valence-corrected chi connectivity index (χ3v) is 6.11. The summed E-state index contributed by atoms with van der Waals surface area (Å²) in [6.07, 6.45) is -1.01. The summed E-state index contributed by atoms with van der Waals surface area (Å²) in [6, 6.07) is 1.36. The lowest BCUT2D eigenvalue weighted by molar-refractivity contribution is -0.137. The molecule has 1 amide bonds. The van der Waals surface area contributed by atoms with Crippen LogP contribution in [0.4, 0.5) is 18.0 Å². The number of likely N-dealkylation sites (tertiary alicyclic amines) is 1. The van der Waals surface area contributed by atoms with Gasteiger partial charge in [0.1, 0.15) is 6.33 Å². The Morgan fingerprint density at radius 2 is 1.81 bits per heavy atom. The van der Waals surface area contributed by atoms with Crippen LogP contribution in [0.15, 0.2) is 34.6 Å². The third kappa shape index (κ3) is 3.93. The Balaban J connectivity index is 1.90. The highest BCUT2D eigenvalue weighted by molar-refractivity contribution is 7.91. The highest BCUT2D eigenvalue weighted by Crippen LogP contribution is 2.34. The van der Waals surface area contributed by atoms with Crippen LogP contribution in [-0.2, 0) is 16.0 Å². The van der Waals surface area contributed by atoms with E-state index in [-0.39, 0.29) is 0 Å². The van der Waals surface area contributed by atoms with Gasteiger partial charge in [0.2, 0.25) is 9.84 Å². The topological polar surface area (TPSA) is 85.2 Å². The van der Waals surface area contributed by atoms with Crippen LogP contribution in [0.2, 0.25) is 5.02 Å². The predicted molar refractivity (Wildman–Crippen MR) is 88.1 cm³/mol. The Hall–Kier alpha value is -2.14. The minimum Gasteiger partial charge on any atom is -0.323 e. The van der Waals surface area contributed by atoms with Crippen molar-refractivity contribution < 1.29 is 26.4 Å². The number of halogens is 4. The van der Waals surface area contributed by atoms with Gasteiger partial charge in [0, 0.05) is 13.1 Å². The van der Waals surface area contributed by atoms with Crippen molar-refractivity contribution in [1.82, 2.24) is 19.7 Å². The van der Waals surface area contributed by atoms with Crippen LogP contribution >= 0.6 is 11.6 Å². The number of rotatable bonds is 2. The zero-order chi connectivity index (χ0) is 19.8.